The van der Waals surface area contributed by atoms with Crippen molar-refractivity contribution in [2.24, 2.45) is 0 Å². The minimum absolute atomic E-state index is 0.105. The van der Waals surface area contributed by atoms with E-state index in [4.69, 9.17) is 0 Å². The molecule has 1 fully saturated rings. The Morgan fingerprint density at radius 1 is 1.47 bits per heavy atom. The van der Waals surface area contributed by atoms with E-state index in [1.54, 1.807) is 11.8 Å². The van der Waals surface area contributed by atoms with E-state index in [9.17, 15) is 9.90 Å². The zero-order valence-corrected chi connectivity index (χ0v) is 9.92. The molecule has 0 unspecified atom stereocenters. The summed E-state index contributed by atoms with van der Waals surface area (Å²) in [6.07, 6.45) is 1.35. The summed E-state index contributed by atoms with van der Waals surface area (Å²) in [5, 5.41) is 13.5. The number of likely N-dealkylation sites (tertiary alicyclic amines) is 1. The van der Waals surface area contributed by atoms with Crippen LogP contribution in [0.3, 0.4) is 0 Å². The van der Waals surface area contributed by atoms with E-state index < -0.39 is 5.60 Å². The molecule has 1 amide bonds. The van der Waals surface area contributed by atoms with Crippen molar-refractivity contribution >= 4 is 5.91 Å². The third-order valence-electron chi connectivity index (χ3n) is 2.98. The van der Waals surface area contributed by atoms with Gasteiger partial charge in [-0.15, -0.1) is 0 Å². The largest absolute Gasteiger partial charge is 0.388 e. The molecule has 0 spiro atoms. The number of nitrogens with zero attached hydrogens (tertiary/aromatic N) is 1. The molecule has 0 saturated carbocycles. The van der Waals surface area contributed by atoms with Gasteiger partial charge in [0.25, 0.3) is 0 Å². The number of aliphatic hydroxyl groups is 1. The molecule has 0 aromatic carbocycles. The molecule has 1 aliphatic rings. The molecule has 88 valence electrons. The summed E-state index contributed by atoms with van der Waals surface area (Å²) in [6, 6.07) is 0.389. The van der Waals surface area contributed by atoms with Crippen LogP contribution in [-0.2, 0) is 4.79 Å². The van der Waals surface area contributed by atoms with Gasteiger partial charge in [-0.2, -0.15) is 0 Å². The lowest BCUT2D eigenvalue weighted by Crippen LogP contribution is -2.51. The van der Waals surface area contributed by atoms with Crippen molar-refractivity contribution in [2.45, 2.75) is 45.3 Å². The van der Waals surface area contributed by atoms with Gasteiger partial charge in [-0.25, -0.2) is 0 Å². The van der Waals surface area contributed by atoms with Crippen LogP contribution in [-0.4, -0.2) is 47.2 Å². The number of rotatable bonds is 3. The minimum atomic E-state index is -0.629. The Morgan fingerprint density at radius 2 is 2.00 bits per heavy atom. The number of nitrogens with one attached hydrogen (secondary N) is 1. The van der Waals surface area contributed by atoms with Crippen molar-refractivity contribution in [1.82, 2.24) is 10.2 Å². The molecule has 15 heavy (non-hydrogen) atoms. The molecule has 4 heteroatoms. The van der Waals surface area contributed by atoms with Crippen LogP contribution in [0.4, 0.5) is 0 Å². The second kappa shape index (κ2) is 4.94. The zero-order valence-electron chi connectivity index (χ0n) is 9.92. The summed E-state index contributed by atoms with van der Waals surface area (Å²) in [7, 11) is 0. The van der Waals surface area contributed by atoms with Crippen LogP contribution in [0.25, 0.3) is 0 Å². The average molecular weight is 214 g/mol. The van der Waals surface area contributed by atoms with Gasteiger partial charge in [0, 0.05) is 32.6 Å². The molecule has 1 saturated heterocycles. The summed E-state index contributed by atoms with van der Waals surface area (Å²) in [6.45, 7) is 7.67. The summed E-state index contributed by atoms with van der Waals surface area (Å²) in [5.74, 6) is 0.105. The number of amides is 1. The van der Waals surface area contributed by atoms with E-state index >= 15 is 0 Å². The zero-order chi connectivity index (χ0) is 11.5. The number of carbonyl (C=O) groups is 1. The highest BCUT2D eigenvalue weighted by Crippen LogP contribution is 2.21. The highest BCUT2D eigenvalue weighted by atomic mass is 16.3. The normalized spacial score (nSPS) is 20.7. The van der Waals surface area contributed by atoms with Gasteiger partial charge in [0.05, 0.1) is 5.60 Å². The number of hydrogen-bond acceptors (Lipinski definition) is 3. The Balaban J connectivity index is 2.37. The first-order valence-electron chi connectivity index (χ1n) is 5.64. The van der Waals surface area contributed by atoms with E-state index in [0.29, 0.717) is 38.5 Å². The standard InChI is InChI=1S/C11H22N2O2/c1-9(2)12-8-11(15)4-6-13(7-5-11)10(3)14/h9,12,15H,4-8H2,1-3H3. The summed E-state index contributed by atoms with van der Waals surface area (Å²) < 4.78 is 0. The van der Waals surface area contributed by atoms with Gasteiger partial charge in [-0.3, -0.25) is 4.79 Å². The third-order valence-corrected chi connectivity index (χ3v) is 2.98. The first kappa shape index (κ1) is 12.5. The predicted molar refractivity (Wildman–Crippen MR) is 59.6 cm³/mol. The van der Waals surface area contributed by atoms with Gasteiger partial charge in [0.1, 0.15) is 0 Å². The van der Waals surface area contributed by atoms with Gasteiger partial charge < -0.3 is 15.3 Å². The van der Waals surface area contributed by atoms with Gasteiger partial charge in [0.2, 0.25) is 5.91 Å². The van der Waals surface area contributed by atoms with Crippen LogP contribution in [0.15, 0.2) is 0 Å². The maximum absolute atomic E-state index is 11.1. The molecular formula is C11H22N2O2. The molecule has 1 aliphatic heterocycles. The number of hydrogen-bond donors (Lipinski definition) is 2. The summed E-state index contributed by atoms with van der Waals surface area (Å²) in [4.78, 5) is 12.9. The molecule has 2 N–H and O–H groups in total. The van der Waals surface area contributed by atoms with Crippen molar-refractivity contribution in [3.05, 3.63) is 0 Å². The quantitative estimate of drug-likeness (QED) is 0.713. The Labute approximate surface area is 91.6 Å². The number of piperidine rings is 1. The molecular weight excluding hydrogens is 192 g/mol. The average Bonchev–Trinajstić information content (AvgIpc) is 2.16. The van der Waals surface area contributed by atoms with E-state index in [1.165, 1.54) is 0 Å². The SMILES string of the molecule is CC(=O)N1CCC(O)(CNC(C)C)CC1. The van der Waals surface area contributed by atoms with Crippen molar-refractivity contribution in [2.75, 3.05) is 19.6 Å². The highest BCUT2D eigenvalue weighted by molar-refractivity contribution is 5.73. The number of carbonyl (C=O) groups excluding carboxylic acids is 1. The van der Waals surface area contributed by atoms with Crippen LogP contribution in [0.1, 0.15) is 33.6 Å². The van der Waals surface area contributed by atoms with Crippen LogP contribution in [0.2, 0.25) is 0 Å². The maximum Gasteiger partial charge on any atom is 0.219 e. The third kappa shape index (κ3) is 3.80. The Morgan fingerprint density at radius 3 is 2.40 bits per heavy atom. The van der Waals surface area contributed by atoms with E-state index in [1.807, 2.05) is 0 Å². The van der Waals surface area contributed by atoms with Crippen LogP contribution in [0, 0.1) is 0 Å². The van der Waals surface area contributed by atoms with Crippen molar-refractivity contribution in [1.29, 1.82) is 0 Å². The Hall–Kier alpha value is -0.610. The van der Waals surface area contributed by atoms with Gasteiger partial charge in [0.15, 0.2) is 0 Å². The Kier molecular flexibility index (Phi) is 4.11. The van der Waals surface area contributed by atoms with Crippen LogP contribution in [0.5, 0.6) is 0 Å². The smallest absolute Gasteiger partial charge is 0.219 e. The van der Waals surface area contributed by atoms with Crippen molar-refractivity contribution in [3.8, 4) is 0 Å². The van der Waals surface area contributed by atoms with Crippen molar-refractivity contribution < 1.29 is 9.90 Å². The highest BCUT2D eigenvalue weighted by Gasteiger charge is 2.32. The molecule has 0 atom stereocenters. The topological polar surface area (TPSA) is 52.6 Å². The van der Waals surface area contributed by atoms with Gasteiger partial charge in [-0.05, 0) is 12.8 Å². The lowest BCUT2D eigenvalue weighted by molar-refractivity contribution is -0.132. The lowest BCUT2D eigenvalue weighted by Gasteiger charge is -2.38. The van der Waals surface area contributed by atoms with Gasteiger partial charge >= 0.3 is 0 Å². The fraction of sp³-hybridized carbons (Fsp3) is 0.909. The molecule has 1 rings (SSSR count). The first-order valence-corrected chi connectivity index (χ1v) is 5.64. The lowest BCUT2D eigenvalue weighted by atomic mass is 9.91. The molecule has 0 aliphatic carbocycles. The predicted octanol–water partition coefficient (Wildman–Crippen LogP) is 0.358. The van der Waals surface area contributed by atoms with Crippen LogP contribution < -0.4 is 5.32 Å². The minimum Gasteiger partial charge on any atom is -0.388 e. The molecule has 1 heterocycles. The second-order valence-electron chi connectivity index (χ2n) is 4.77. The fourth-order valence-corrected chi connectivity index (χ4v) is 1.81. The van der Waals surface area contributed by atoms with E-state index in [0.717, 1.165) is 0 Å². The molecule has 4 nitrogen and oxygen atoms in total. The van der Waals surface area contributed by atoms with Gasteiger partial charge in [-0.1, -0.05) is 13.8 Å². The molecule has 0 radical (unpaired) electrons. The molecule has 0 aromatic heterocycles. The molecule has 0 bridgehead atoms. The Bertz CT molecular complexity index is 221. The van der Waals surface area contributed by atoms with Crippen LogP contribution >= 0.6 is 0 Å². The van der Waals surface area contributed by atoms with E-state index in [-0.39, 0.29) is 5.91 Å². The fourth-order valence-electron chi connectivity index (χ4n) is 1.81. The second-order valence-corrected chi connectivity index (χ2v) is 4.77. The summed E-state index contributed by atoms with van der Waals surface area (Å²) in [5.41, 5.74) is -0.629. The summed E-state index contributed by atoms with van der Waals surface area (Å²) >= 11 is 0. The maximum atomic E-state index is 11.1. The van der Waals surface area contributed by atoms with E-state index in [2.05, 4.69) is 19.2 Å². The molecule has 0 aromatic rings. The van der Waals surface area contributed by atoms with Crippen molar-refractivity contribution in [3.63, 3.8) is 0 Å². The first-order chi connectivity index (χ1) is 6.93. The monoisotopic (exact) mass is 214 g/mol.